The fourth-order valence-corrected chi connectivity index (χ4v) is 3.51. The normalized spacial score (nSPS) is 47.5. The summed E-state index contributed by atoms with van der Waals surface area (Å²) in [6.45, 7) is 11.0. The zero-order valence-electron chi connectivity index (χ0n) is 9.59. The molecule has 4 unspecified atom stereocenters. The molecule has 0 amide bonds. The van der Waals surface area contributed by atoms with E-state index in [0.29, 0.717) is 5.92 Å². The molecule has 0 saturated heterocycles. The molecule has 0 heterocycles. The van der Waals surface area contributed by atoms with Crippen LogP contribution in [0.4, 0.5) is 0 Å². The molecule has 0 aromatic heterocycles. The smallest absolute Gasteiger partial charge is 0.0636 e. The third-order valence-corrected chi connectivity index (χ3v) is 4.76. The van der Waals surface area contributed by atoms with Gasteiger partial charge in [-0.2, -0.15) is 0 Å². The van der Waals surface area contributed by atoms with Crippen LogP contribution in [0.5, 0.6) is 0 Å². The number of fused-ring (bicyclic) bond motifs is 2. The summed E-state index contributed by atoms with van der Waals surface area (Å²) < 4.78 is 0. The summed E-state index contributed by atoms with van der Waals surface area (Å²) in [6, 6.07) is 0. The van der Waals surface area contributed by atoms with Gasteiger partial charge in [0.2, 0.25) is 0 Å². The van der Waals surface area contributed by atoms with Crippen LogP contribution >= 0.6 is 0 Å². The predicted molar refractivity (Wildman–Crippen MR) is 58.9 cm³/mol. The molecule has 2 saturated carbocycles. The van der Waals surface area contributed by atoms with Gasteiger partial charge < -0.3 is 5.11 Å². The Bertz CT molecular complexity index is 256. The largest absolute Gasteiger partial charge is 0.392 e. The zero-order valence-corrected chi connectivity index (χ0v) is 9.59. The molecule has 14 heavy (non-hydrogen) atoms. The van der Waals surface area contributed by atoms with Crippen LogP contribution in [0.2, 0.25) is 0 Å². The average Bonchev–Trinajstić information content (AvgIpc) is 2.28. The first kappa shape index (κ1) is 10.2. The highest BCUT2D eigenvalue weighted by Gasteiger charge is 2.52. The van der Waals surface area contributed by atoms with Crippen LogP contribution in [-0.4, -0.2) is 11.2 Å². The van der Waals surface area contributed by atoms with Gasteiger partial charge in [-0.1, -0.05) is 32.9 Å². The second kappa shape index (κ2) is 3.10. The molecule has 80 valence electrons. The van der Waals surface area contributed by atoms with Gasteiger partial charge >= 0.3 is 0 Å². The van der Waals surface area contributed by atoms with Crippen molar-refractivity contribution in [2.24, 2.45) is 23.2 Å². The van der Waals surface area contributed by atoms with Crippen molar-refractivity contribution in [3.8, 4) is 0 Å². The van der Waals surface area contributed by atoms with Gasteiger partial charge in [-0.05, 0) is 37.0 Å². The summed E-state index contributed by atoms with van der Waals surface area (Å²) in [7, 11) is 0. The van der Waals surface area contributed by atoms with Gasteiger partial charge in [0.25, 0.3) is 0 Å². The van der Waals surface area contributed by atoms with Crippen LogP contribution in [0, 0.1) is 23.2 Å². The molecule has 0 radical (unpaired) electrons. The number of hydrogen-bond donors (Lipinski definition) is 1. The first-order valence-electron chi connectivity index (χ1n) is 5.84. The van der Waals surface area contributed by atoms with Gasteiger partial charge in [-0.3, -0.25) is 0 Å². The molecule has 4 atom stereocenters. The Hall–Kier alpha value is -0.300. The minimum absolute atomic E-state index is 0.0378. The van der Waals surface area contributed by atoms with E-state index in [0.717, 1.165) is 24.7 Å². The molecule has 2 aliphatic rings. The van der Waals surface area contributed by atoms with Crippen molar-refractivity contribution in [2.75, 3.05) is 0 Å². The summed E-state index contributed by atoms with van der Waals surface area (Å²) in [6.07, 6.45) is 3.23. The highest BCUT2D eigenvalue weighted by Crippen LogP contribution is 2.57. The highest BCUT2D eigenvalue weighted by molar-refractivity contribution is 5.25. The van der Waals surface area contributed by atoms with Crippen molar-refractivity contribution >= 4 is 0 Å². The quantitative estimate of drug-likeness (QED) is 0.636. The fraction of sp³-hybridized carbons (Fsp3) is 0.846. The lowest BCUT2D eigenvalue weighted by Gasteiger charge is -2.39. The van der Waals surface area contributed by atoms with Crippen molar-refractivity contribution in [1.29, 1.82) is 0 Å². The second-order valence-corrected chi connectivity index (χ2v) is 5.75. The van der Waals surface area contributed by atoms with E-state index in [9.17, 15) is 5.11 Å². The molecule has 1 N–H and O–H groups in total. The van der Waals surface area contributed by atoms with Crippen molar-refractivity contribution in [2.45, 2.75) is 46.1 Å². The van der Waals surface area contributed by atoms with Gasteiger partial charge in [0, 0.05) is 5.41 Å². The van der Waals surface area contributed by atoms with Crippen LogP contribution in [0.25, 0.3) is 0 Å². The van der Waals surface area contributed by atoms with E-state index >= 15 is 0 Å². The van der Waals surface area contributed by atoms with Crippen LogP contribution in [-0.2, 0) is 0 Å². The number of rotatable bonds is 1. The van der Waals surface area contributed by atoms with Gasteiger partial charge in [0.15, 0.2) is 0 Å². The summed E-state index contributed by atoms with van der Waals surface area (Å²) >= 11 is 0. The molecule has 0 spiro atoms. The lowest BCUT2D eigenvalue weighted by molar-refractivity contribution is 0.0780. The van der Waals surface area contributed by atoms with Crippen molar-refractivity contribution in [3.63, 3.8) is 0 Å². The molecule has 0 aromatic carbocycles. The van der Waals surface area contributed by atoms with E-state index in [2.05, 4.69) is 27.4 Å². The molecular weight excluding hydrogens is 172 g/mol. The van der Waals surface area contributed by atoms with Crippen molar-refractivity contribution in [3.05, 3.63) is 12.2 Å². The third-order valence-electron chi connectivity index (χ3n) is 4.76. The Labute approximate surface area is 87.2 Å². The molecule has 2 rings (SSSR count). The van der Waals surface area contributed by atoms with E-state index in [4.69, 9.17) is 0 Å². The van der Waals surface area contributed by atoms with Gasteiger partial charge in [0.1, 0.15) is 0 Å². The molecule has 1 nitrogen and oxygen atoms in total. The Balaban J connectivity index is 2.27. The Morgan fingerprint density at radius 2 is 2.14 bits per heavy atom. The monoisotopic (exact) mass is 194 g/mol. The van der Waals surface area contributed by atoms with Crippen LogP contribution < -0.4 is 0 Å². The number of hydrogen-bond acceptors (Lipinski definition) is 1. The van der Waals surface area contributed by atoms with E-state index in [-0.39, 0.29) is 11.5 Å². The molecule has 1 heteroatoms. The maximum Gasteiger partial charge on any atom is 0.0636 e. The highest BCUT2D eigenvalue weighted by atomic mass is 16.3. The van der Waals surface area contributed by atoms with E-state index in [1.165, 1.54) is 12.0 Å². The first-order chi connectivity index (χ1) is 6.47. The summed E-state index contributed by atoms with van der Waals surface area (Å²) in [5.74, 6) is 2.07. The summed E-state index contributed by atoms with van der Waals surface area (Å²) in [5, 5.41) is 10.1. The first-order valence-corrected chi connectivity index (χ1v) is 5.84. The number of aliphatic hydroxyl groups excluding tert-OH is 1. The Morgan fingerprint density at radius 3 is 2.71 bits per heavy atom. The Kier molecular flexibility index (Phi) is 2.26. The second-order valence-electron chi connectivity index (χ2n) is 5.75. The molecule has 2 bridgehead atoms. The Morgan fingerprint density at radius 1 is 1.50 bits per heavy atom. The molecule has 2 fully saturated rings. The van der Waals surface area contributed by atoms with E-state index in [1.807, 2.05) is 0 Å². The minimum atomic E-state index is -0.135. The maximum absolute atomic E-state index is 10.1. The SMILES string of the molecule is C=C1C2CC(O)C1(C)CCC2C(C)C. The molecule has 0 aliphatic heterocycles. The van der Waals surface area contributed by atoms with Crippen LogP contribution in [0.1, 0.15) is 40.0 Å². The zero-order chi connectivity index (χ0) is 10.5. The van der Waals surface area contributed by atoms with E-state index < -0.39 is 0 Å². The summed E-state index contributed by atoms with van der Waals surface area (Å²) in [5.41, 5.74) is 1.37. The van der Waals surface area contributed by atoms with Gasteiger partial charge in [0.05, 0.1) is 6.10 Å². The lowest BCUT2D eigenvalue weighted by atomic mass is 9.66. The molecule has 0 aromatic rings. The maximum atomic E-state index is 10.1. The standard InChI is InChI=1S/C13H22O/c1-8(2)10-5-6-13(4)9(3)11(10)7-12(13)14/h8,10-12,14H,3,5-7H2,1-2,4H3. The minimum Gasteiger partial charge on any atom is -0.392 e. The van der Waals surface area contributed by atoms with Gasteiger partial charge in [-0.15, -0.1) is 0 Å². The topological polar surface area (TPSA) is 20.2 Å². The number of aliphatic hydroxyl groups is 1. The lowest BCUT2D eigenvalue weighted by Crippen LogP contribution is -2.32. The predicted octanol–water partition coefficient (Wildman–Crippen LogP) is 3.00. The third kappa shape index (κ3) is 1.18. The van der Waals surface area contributed by atoms with Crippen LogP contribution in [0.15, 0.2) is 12.2 Å². The summed E-state index contributed by atoms with van der Waals surface area (Å²) in [4.78, 5) is 0. The molecule has 2 aliphatic carbocycles. The molecular formula is C13H22O. The average molecular weight is 194 g/mol. The van der Waals surface area contributed by atoms with E-state index in [1.54, 1.807) is 0 Å². The van der Waals surface area contributed by atoms with Crippen molar-refractivity contribution < 1.29 is 5.11 Å². The fourth-order valence-electron chi connectivity index (χ4n) is 3.51. The van der Waals surface area contributed by atoms with Crippen molar-refractivity contribution in [1.82, 2.24) is 0 Å². The van der Waals surface area contributed by atoms with Gasteiger partial charge in [-0.25, -0.2) is 0 Å². The van der Waals surface area contributed by atoms with Crippen LogP contribution in [0.3, 0.4) is 0 Å².